The van der Waals surface area contributed by atoms with Gasteiger partial charge in [0, 0.05) is 18.6 Å². The molecule has 2 aliphatic carbocycles. The summed E-state index contributed by atoms with van der Waals surface area (Å²) in [5.41, 5.74) is 12.3. The minimum atomic E-state index is -1.27. The van der Waals surface area contributed by atoms with E-state index in [1.54, 1.807) is 6.33 Å². The fraction of sp³-hybridized carbons (Fsp3) is 0.545. The third kappa shape index (κ3) is 5.16. The Morgan fingerprint density at radius 2 is 1.89 bits per heavy atom. The number of hydrogen-bond acceptors (Lipinski definition) is 13. The number of carbonyl (C=O) groups excluding carboxylic acids is 1. The van der Waals surface area contributed by atoms with Crippen molar-refractivity contribution in [1.29, 1.82) is 0 Å². The Kier molecular flexibility index (Phi) is 7.22. The van der Waals surface area contributed by atoms with Gasteiger partial charge in [-0.05, 0) is 19.3 Å². The number of rotatable bonds is 7. The molecule has 9 N–H and O–H groups in total. The molecule has 3 aromatic rings. The highest BCUT2D eigenvalue weighted by molar-refractivity contribution is 5.88. The van der Waals surface area contributed by atoms with Gasteiger partial charge in [0.2, 0.25) is 11.8 Å². The van der Waals surface area contributed by atoms with E-state index in [0.29, 0.717) is 6.04 Å². The number of primary amides is 1. The summed E-state index contributed by atoms with van der Waals surface area (Å²) in [6.07, 6.45) is 5.84. The Morgan fingerprint density at radius 1 is 1.11 bits per heavy atom. The highest BCUT2D eigenvalue weighted by Crippen LogP contribution is 2.33. The third-order valence-electron chi connectivity index (χ3n) is 6.61. The molecular formula is C22H30N10O6. The molecule has 1 aliphatic heterocycles. The number of nitrogen functional groups attached to an aromatic ring is 1. The van der Waals surface area contributed by atoms with E-state index < -0.39 is 37.1 Å². The number of allylic oxidation sites excluding steroid dienone is 1. The normalized spacial score (nSPS) is 28.4. The number of hydrogen-bond donors (Lipinski definition) is 7. The van der Waals surface area contributed by atoms with Crippen LogP contribution >= 0.6 is 0 Å². The zero-order valence-corrected chi connectivity index (χ0v) is 20.3. The second-order valence-electron chi connectivity index (χ2n) is 9.44. The van der Waals surface area contributed by atoms with Gasteiger partial charge in [-0.1, -0.05) is 12.2 Å². The van der Waals surface area contributed by atoms with Gasteiger partial charge in [-0.15, -0.1) is 5.10 Å². The minimum Gasteiger partial charge on any atom is -0.396 e. The van der Waals surface area contributed by atoms with Crippen LogP contribution in [-0.2, 0) is 4.74 Å². The molecule has 0 bridgehead atoms. The molecule has 1 saturated heterocycles. The van der Waals surface area contributed by atoms with Gasteiger partial charge in [0.15, 0.2) is 23.2 Å². The molecule has 16 nitrogen and oxygen atoms in total. The van der Waals surface area contributed by atoms with Gasteiger partial charge in [-0.3, -0.25) is 4.79 Å². The van der Waals surface area contributed by atoms with Crippen molar-refractivity contribution in [1.82, 2.24) is 34.3 Å². The first-order valence-electron chi connectivity index (χ1n) is 12.2. The van der Waals surface area contributed by atoms with Gasteiger partial charge in [0.1, 0.15) is 24.6 Å². The predicted molar refractivity (Wildman–Crippen MR) is 131 cm³/mol. The van der Waals surface area contributed by atoms with Crippen molar-refractivity contribution in [2.45, 2.75) is 55.9 Å². The van der Waals surface area contributed by atoms with Crippen LogP contribution in [0.15, 0.2) is 24.8 Å². The molecule has 3 aromatic heterocycles. The molecule has 3 aliphatic rings. The average molecular weight is 531 g/mol. The largest absolute Gasteiger partial charge is 0.396 e. The van der Waals surface area contributed by atoms with E-state index in [1.165, 1.54) is 0 Å². The number of aliphatic hydroxyl groups excluding tert-OH is 4. The highest BCUT2D eigenvalue weighted by Gasteiger charge is 2.44. The number of nitrogens with two attached hydrogens (primary N) is 2. The minimum absolute atomic E-state index is 0.162. The number of nitrogens with one attached hydrogen (secondary N) is 1. The monoisotopic (exact) mass is 530 g/mol. The number of ether oxygens (including phenoxy) is 1. The third-order valence-corrected chi connectivity index (χ3v) is 6.61. The zero-order valence-electron chi connectivity index (χ0n) is 20.3. The van der Waals surface area contributed by atoms with Crippen molar-refractivity contribution in [3.63, 3.8) is 0 Å². The van der Waals surface area contributed by atoms with Crippen LogP contribution in [0.5, 0.6) is 0 Å². The van der Waals surface area contributed by atoms with Gasteiger partial charge < -0.3 is 46.5 Å². The number of nitrogens with zero attached hydrogens (tertiary/aromatic N) is 7. The van der Waals surface area contributed by atoms with Crippen LogP contribution in [0, 0.1) is 5.92 Å². The van der Waals surface area contributed by atoms with Gasteiger partial charge in [0.25, 0.3) is 5.91 Å². The molecule has 0 radical (unpaired) electrons. The first-order valence-corrected chi connectivity index (χ1v) is 12.2. The van der Waals surface area contributed by atoms with E-state index in [4.69, 9.17) is 21.3 Å². The number of amides is 1. The second kappa shape index (κ2) is 10.6. The molecule has 1 saturated carbocycles. The highest BCUT2D eigenvalue weighted by atomic mass is 16.6. The van der Waals surface area contributed by atoms with Crippen molar-refractivity contribution in [2.24, 2.45) is 11.7 Å². The molecule has 16 heteroatoms. The Hall–Kier alpha value is -3.70. The molecule has 6 rings (SSSR count). The van der Waals surface area contributed by atoms with E-state index >= 15 is 0 Å². The van der Waals surface area contributed by atoms with E-state index in [-0.39, 0.29) is 30.3 Å². The number of imidazole rings is 1. The lowest BCUT2D eigenvalue weighted by Crippen LogP contribution is -2.33. The van der Waals surface area contributed by atoms with E-state index in [2.05, 4.69) is 36.4 Å². The summed E-state index contributed by atoms with van der Waals surface area (Å²) < 4.78 is 8.26. The van der Waals surface area contributed by atoms with E-state index in [0.717, 1.165) is 47.3 Å². The Labute approximate surface area is 216 Å². The Morgan fingerprint density at radius 3 is 2.50 bits per heavy atom. The molecule has 0 unspecified atom stereocenters. The lowest BCUT2D eigenvalue weighted by Gasteiger charge is -2.13. The fourth-order valence-corrected chi connectivity index (χ4v) is 4.40. The molecule has 1 amide bonds. The molecule has 2 fully saturated rings. The van der Waals surface area contributed by atoms with Crippen molar-refractivity contribution >= 4 is 28.8 Å². The molecule has 4 heterocycles. The lowest BCUT2D eigenvalue weighted by molar-refractivity contribution is -0.0588. The zero-order chi connectivity index (χ0) is 27.0. The molecule has 38 heavy (non-hydrogen) atoms. The van der Waals surface area contributed by atoms with Crippen LogP contribution in [0.25, 0.3) is 11.2 Å². The first kappa shape index (κ1) is 25.9. The summed E-state index contributed by atoms with van der Waals surface area (Å²) in [5, 5.41) is 44.4. The topological polar surface area (TPSA) is 246 Å². The number of aliphatic hydroxyl groups is 4. The van der Waals surface area contributed by atoms with Gasteiger partial charge in [0.05, 0.1) is 19.0 Å². The molecule has 204 valence electrons. The number of aromatic nitrogens is 7. The Bertz CT molecular complexity index is 1320. The lowest BCUT2D eigenvalue weighted by atomic mass is 10.1. The van der Waals surface area contributed by atoms with Crippen LogP contribution in [0.4, 0.5) is 11.8 Å². The van der Waals surface area contributed by atoms with Gasteiger partial charge in [-0.25, -0.2) is 14.6 Å². The van der Waals surface area contributed by atoms with Crippen LogP contribution in [0.1, 0.15) is 42.2 Å². The fourth-order valence-electron chi connectivity index (χ4n) is 4.40. The first-order chi connectivity index (χ1) is 18.3. The van der Waals surface area contributed by atoms with Crippen molar-refractivity contribution in [3.05, 3.63) is 30.6 Å². The summed E-state index contributed by atoms with van der Waals surface area (Å²) >= 11 is 0. The van der Waals surface area contributed by atoms with Gasteiger partial charge in [-0.2, -0.15) is 9.97 Å². The SMILES string of the molecule is NC(=O)c1ncn([C@@H]2O[C@H](CO)[C@@H](O)[C@H]2O)n1.Nc1nc(NC2CC2)c2ncn([C@H]3C=C[C@@H](CO)C3)c2n1. The van der Waals surface area contributed by atoms with Gasteiger partial charge >= 0.3 is 0 Å². The molecule has 6 atom stereocenters. The maximum absolute atomic E-state index is 10.8. The number of anilines is 2. The van der Waals surface area contributed by atoms with Crippen molar-refractivity contribution < 1.29 is 30.0 Å². The number of carbonyl (C=O) groups is 1. The smallest absolute Gasteiger partial charge is 0.288 e. The van der Waals surface area contributed by atoms with Crippen LogP contribution in [0.3, 0.4) is 0 Å². The van der Waals surface area contributed by atoms with Crippen LogP contribution in [0.2, 0.25) is 0 Å². The van der Waals surface area contributed by atoms with Crippen molar-refractivity contribution in [3.8, 4) is 0 Å². The average Bonchev–Trinajstić information content (AvgIpc) is 3.29. The quantitative estimate of drug-likeness (QED) is 0.165. The van der Waals surface area contributed by atoms with Crippen LogP contribution in [-0.4, -0.2) is 98.2 Å². The van der Waals surface area contributed by atoms with E-state index in [1.807, 2.05) is 10.6 Å². The summed E-state index contributed by atoms with van der Waals surface area (Å²) in [5.74, 6) is 0.154. The van der Waals surface area contributed by atoms with E-state index in [9.17, 15) is 20.1 Å². The summed E-state index contributed by atoms with van der Waals surface area (Å²) in [4.78, 5) is 27.5. The summed E-state index contributed by atoms with van der Waals surface area (Å²) in [7, 11) is 0. The maximum atomic E-state index is 10.8. The molecular weight excluding hydrogens is 500 g/mol. The summed E-state index contributed by atoms with van der Waals surface area (Å²) in [6, 6.07) is 0.646. The predicted octanol–water partition coefficient (Wildman–Crippen LogP) is -1.92. The maximum Gasteiger partial charge on any atom is 0.288 e. The number of fused-ring (bicyclic) bond motifs is 1. The second-order valence-corrected chi connectivity index (χ2v) is 9.44. The summed E-state index contributed by atoms with van der Waals surface area (Å²) in [6.45, 7) is -0.267. The Balaban J connectivity index is 0.000000159. The van der Waals surface area contributed by atoms with Crippen molar-refractivity contribution in [2.75, 3.05) is 24.3 Å². The van der Waals surface area contributed by atoms with Crippen LogP contribution < -0.4 is 16.8 Å². The molecule has 0 spiro atoms. The standard InChI is InChI=1S/C14H18N6O.C8H12N4O5/c15-14-18-12(17-9-2-3-9)11-13(19-14)20(7-16-11)10-4-1-8(5-10)6-21;9-6(16)7-10-2-12(11-7)8-5(15)4(14)3(1-13)17-8/h1,4,7-10,21H,2-3,5-6H2,(H3,15,17,18,19);2-5,8,13-15H,1H2,(H2,9,16)/t8-,10+;3-,4-,5-,8-/m11/s1. The molecule has 0 aromatic carbocycles.